The largest absolute Gasteiger partial charge is 0.460 e. The van der Waals surface area contributed by atoms with Gasteiger partial charge < -0.3 is 8.98 Å². The number of hydrogen-bond donors (Lipinski definition) is 0. The minimum absolute atomic E-state index is 0.0681. The molecule has 2 aromatic carbocycles. The second kappa shape index (κ2) is 5.25. The molecule has 4 aromatic rings. The first-order valence-electron chi connectivity index (χ1n) is 7.35. The van der Waals surface area contributed by atoms with Crippen LogP contribution in [-0.4, -0.2) is 15.3 Å². The van der Waals surface area contributed by atoms with E-state index in [9.17, 15) is 4.79 Å². The fourth-order valence-corrected chi connectivity index (χ4v) is 2.75. The van der Waals surface area contributed by atoms with E-state index in [1.165, 1.54) is 6.26 Å². The van der Waals surface area contributed by atoms with E-state index in [1.54, 1.807) is 18.2 Å². The Morgan fingerprint density at radius 2 is 1.74 bits per heavy atom. The summed E-state index contributed by atoms with van der Waals surface area (Å²) in [7, 11) is 1.92. The van der Waals surface area contributed by atoms with Gasteiger partial charge in [-0.2, -0.15) is 0 Å². The van der Waals surface area contributed by atoms with Gasteiger partial charge in [0, 0.05) is 12.6 Å². The Bertz CT molecular complexity index is 997. The number of aromatic nitrogens is 2. The zero-order valence-corrected chi connectivity index (χ0v) is 12.6. The van der Waals surface area contributed by atoms with Crippen LogP contribution in [0, 0.1) is 0 Å². The maximum absolute atomic E-state index is 12.7. The summed E-state index contributed by atoms with van der Waals surface area (Å²) in [6, 6.07) is 18.7. The van der Waals surface area contributed by atoms with Crippen molar-refractivity contribution in [3.8, 4) is 11.6 Å². The third-order valence-corrected chi connectivity index (χ3v) is 3.94. The maximum atomic E-state index is 12.7. The standard InChI is InChI=1S/C19H14N2O2/c1-21-16-10-6-5-9-15(16)20-19(21)18-14(11-12-23-18)17(22)13-7-3-2-4-8-13/h2-12H,1H3. The number of furan rings is 1. The molecule has 0 fully saturated rings. The van der Waals surface area contributed by atoms with Crippen LogP contribution in [0.15, 0.2) is 71.3 Å². The van der Waals surface area contributed by atoms with Crippen molar-refractivity contribution in [1.29, 1.82) is 0 Å². The van der Waals surface area contributed by atoms with Crippen molar-refractivity contribution in [2.45, 2.75) is 0 Å². The van der Waals surface area contributed by atoms with E-state index in [4.69, 9.17) is 4.42 Å². The van der Waals surface area contributed by atoms with Crippen molar-refractivity contribution in [3.05, 3.63) is 78.1 Å². The van der Waals surface area contributed by atoms with Crippen molar-refractivity contribution in [2.75, 3.05) is 0 Å². The lowest BCUT2D eigenvalue weighted by Gasteiger charge is -2.03. The summed E-state index contributed by atoms with van der Waals surface area (Å²) >= 11 is 0. The normalized spacial score (nSPS) is 11.0. The number of nitrogens with zero attached hydrogens (tertiary/aromatic N) is 2. The van der Waals surface area contributed by atoms with Crippen LogP contribution >= 0.6 is 0 Å². The quantitative estimate of drug-likeness (QED) is 0.536. The topological polar surface area (TPSA) is 48.0 Å². The Morgan fingerprint density at radius 3 is 2.52 bits per heavy atom. The lowest BCUT2D eigenvalue weighted by atomic mass is 10.0. The van der Waals surface area contributed by atoms with Crippen LogP contribution in [0.1, 0.15) is 15.9 Å². The number of benzene rings is 2. The first-order chi connectivity index (χ1) is 11.3. The van der Waals surface area contributed by atoms with E-state index in [0.717, 1.165) is 11.0 Å². The number of aryl methyl sites for hydroxylation is 1. The third kappa shape index (κ3) is 2.16. The van der Waals surface area contributed by atoms with Gasteiger partial charge in [0.2, 0.25) is 0 Å². The minimum atomic E-state index is -0.0681. The highest BCUT2D eigenvalue weighted by Crippen LogP contribution is 2.28. The number of ketones is 1. The lowest BCUT2D eigenvalue weighted by molar-refractivity contribution is 0.103. The van der Waals surface area contributed by atoms with Crippen molar-refractivity contribution < 1.29 is 9.21 Å². The number of carbonyl (C=O) groups is 1. The summed E-state index contributed by atoms with van der Waals surface area (Å²) in [5, 5.41) is 0. The van der Waals surface area contributed by atoms with Crippen LogP contribution in [0.5, 0.6) is 0 Å². The molecule has 2 heterocycles. The summed E-state index contributed by atoms with van der Waals surface area (Å²) < 4.78 is 7.54. The summed E-state index contributed by atoms with van der Waals surface area (Å²) in [5.41, 5.74) is 3.03. The highest BCUT2D eigenvalue weighted by molar-refractivity contribution is 6.12. The number of hydrogen-bond acceptors (Lipinski definition) is 3. The Hall–Kier alpha value is -3.14. The Kier molecular flexibility index (Phi) is 3.08. The molecule has 0 unspecified atom stereocenters. The Labute approximate surface area is 133 Å². The molecule has 0 N–H and O–H groups in total. The molecule has 112 valence electrons. The fraction of sp³-hybridized carbons (Fsp3) is 0.0526. The van der Waals surface area contributed by atoms with Crippen LogP contribution in [0.25, 0.3) is 22.6 Å². The van der Waals surface area contributed by atoms with Crippen LogP contribution in [-0.2, 0) is 7.05 Å². The van der Waals surface area contributed by atoms with E-state index in [-0.39, 0.29) is 5.78 Å². The van der Waals surface area contributed by atoms with Gasteiger partial charge in [0.05, 0.1) is 22.9 Å². The SMILES string of the molecule is Cn1c(-c2occc2C(=O)c2ccccc2)nc2ccccc21. The van der Waals surface area contributed by atoms with Gasteiger partial charge >= 0.3 is 0 Å². The van der Waals surface area contributed by atoms with E-state index in [0.29, 0.717) is 22.7 Å². The second-order valence-electron chi connectivity index (χ2n) is 5.34. The first kappa shape index (κ1) is 13.5. The van der Waals surface area contributed by atoms with Gasteiger partial charge in [-0.15, -0.1) is 0 Å². The van der Waals surface area contributed by atoms with Gasteiger partial charge in [0.1, 0.15) is 0 Å². The molecule has 0 bridgehead atoms. The van der Waals surface area contributed by atoms with Crippen molar-refractivity contribution in [1.82, 2.24) is 9.55 Å². The van der Waals surface area contributed by atoms with Gasteiger partial charge in [0.25, 0.3) is 0 Å². The predicted molar refractivity (Wildman–Crippen MR) is 88.3 cm³/mol. The van der Waals surface area contributed by atoms with Crippen LogP contribution < -0.4 is 0 Å². The first-order valence-corrected chi connectivity index (χ1v) is 7.35. The molecule has 0 atom stereocenters. The van der Waals surface area contributed by atoms with Crippen molar-refractivity contribution in [3.63, 3.8) is 0 Å². The molecular formula is C19H14N2O2. The molecule has 23 heavy (non-hydrogen) atoms. The molecule has 0 amide bonds. The molecule has 0 aliphatic rings. The van der Waals surface area contributed by atoms with Crippen molar-refractivity contribution in [2.24, 2.45) is 7.05 Å². The number of carbonyl (C=O) groups excluding carboxylic acids is 1. The van der Waals surface area contributed by atoms with Gasteiger partial charge in [-0.25, -0.2) is 4.98 Å². The minimum Gasteiger partial charge on any atom is -0.460 e. The zero-order valence-electron chi connectivity index (χ0n) is 12.6. The Balaban J connectivity index is 1.86. The Morgan fingerprint density at radius 1 is 1.00 bits per heavy atom. The lowest BCUT2D eigenvalue weighted by Crippen LogP contribution is -2.03. The molecule has 4 heteroatoms. The van der Waals surface area contributed by atoms with Crippen LogP contribution in [0.3, 0.4) is 0 Å². The molecule has 4 rings (SSSR count). The number of rotatable bonds is 3. The predicted octanol–water partition coefficient (Wildman–Crippen LogP) is 4.06. The van der Waals surface area contributed by atoms with Crippen LogP contribution in [0.4, 0.5) is 0 Å². The number of fused-ring (bicyclic) bond motifs is 1. The summed E-state index contributed by atoms with van der Waals surface area (Å²) in [4.78, 5) is 17.3. The number of imidazole rings is 1. The molecule has 0 saturated heterocycles. The number of para-hydroxylation sites is 2. The molecule has 0 aliphatic heterocycles. The van der Waals surface area contributed by atoms with E-state index < -0.39 is 0 Å². The molecule has 0 aliphatic carbocycles. The molecular weight excluding hydrogens is 288 g/mol. The monoisotopic (exact) mass is 302 g/mol. The average Bonchev–Trinajstić information content (AvgIpc) is 3.20. The second-order valence-corrected chi connectivity index (χ2v) is 5.34. The molecule has 2 aromatic heterocycles. The average molecular weight is 302 g/mol. The third-order valence-electron chi connectivity index (χ3n) is 3.94. The summed E-state index contributed by atoms with van der Waals surface area (Å²) in [6.07, 6.45) is 1.53. The van der Waals surface area contributed by atoms with Gasteiger partial charge in [-0.1, -0.05) is 42.5 Å². The summed E-state index contributed by atoms with van der Waals surface area (Å²) in [5.74, 6) is 1.08. The van der Waals surface area contributed by atoms with E-state index >= 15 is 0 Å². The highest BCUT2D eigenvalue weighted by Gasteiger charge is 2.21. The smallest absolute Gasteiger partial charge is 0.197 e. The van der Waals surface area contributed by atoms with Gasteiger partial charge in [-0.05, 0) is 18.2 Å². The molecule has 0 radical (unpaired) electrons. The van der Waals surface area contributed by atoms with Gasteiger partial charge in [-0.3, -0.25) is 4.79 Å². The zero-order chi connectivity index (χ0) is 15.8. The fourth-order valence-electron chi connectivity index (χ4n) is 2.75. The maximum Gasteiger partial charge on any atom is 0.197 e. The summed E-state index contributed by atoms with van der Waals surface area (Å²) in [6.45, 7) is 0. The molecule has 0 spiro atoms. The van der Waals surface area contributed by atoms with E-state index in [1.807, 2.05) is 54.1 Å². The molecule has 0 saturated carbocycles. The van der Waals surface area contributed by atoms with Crippen molar-refractivity contribution >= 4 is 16.8 Å². The van der Waals surface area contributed by atoms with Crippen LogP contribution in [0.2, 0.25) is 0 Å². The van der Waals surface area contributed by atoms with E-state index in [2.05, 4.69) is 4.98 Å². The van der Waals surface area contributed by atoms with Gasteiger partial charge in [0.15, 0.2) is 17.4 Å². The highest BCUT2D eigenvalue weighted by atomic mass is 16.3. The molecule has 4 nitrogen and oxygen atoms in total.